The summed E-state index contributed by atoms with van der Waals surface area (Å²) in [6.45, 7) is 0.635. The number of carboxylic acids is 1. The Morgan fingerprint density at radius 2 is 1.73 bits per heavy atom. The first-order valence-corrected chi connectivity index (χ1v) is 8.96. The van der Waals surface area contributed by atoms with E-state index in [4.69, 9.17) is 5.11 Å². The number of rotatable bonds is 6. The van der Waals surface area contributed by atoms with Crippen LogP contribution >= 0.6 is 11.8 Å². The van der Waals surface area contributed by atoms with Gasteiger partial charge in [0.15, 0.2) is 0 Å². The molecule has 1 fully saturated rings. The maximum atomic E-state index is 12.1. The summed E-state index contributed by atoms with van der Waals surface area (Å²) in [6, 6.07) is 8.37. The highest BCUT2D eigenvalue weighted by Gasteiger charge is 2.29. The number of carbonyl (C=O) groups excluding carboxylic acids is 1. The minimum atomic E-state index is -0.729. The number of carboxylic acid groups (broad SMARTS) is 1. The first-order valence-electron chi connectivity index (χ1n) is 7.73. The van der Waals surface area contributed by atoms with Crippen LogP contribution in [0.4, 0.5) is 0 Å². The second kappa shape index (κ2) is 8.22. The van der Waals surface area contributed by atoms with Crippen LogP contribution in [0.1, 0.15) is 31.2 Å². The Kier molecular flexibility index (Phi) is 6.31. The second-order valence-electron chi connectivity index (χ2n) is 5.78. The van der Waals surface area contributed by atoms with Crippen LogP contribution < -0.4 is 5.32 Å². The molecule has 120 valence electrons. The topological polar surface area (TPSA) is 66.4 Å². The lowest BCUT2D eigenvalue weighted by molar-refractivity contribution is -0.144. The molecule has 5 heteroatoms. The third-order valence-corrected chi connectivity index (χ3v) is 5.06. The van der Waals surface area contributed by atoms with Gasteiger partial charge < -0.3 is 10.4 Å². The van der Waals surface area contributed by atoms with E-state index in [9.17, 15) is 9.59 Å². The van der Waals surface area contributed by atoms with E-state index in [0.717, 1.165) is 6.42 Å². The van der Waals surface area contributed by atoms with Crippen molar-refractivity contribution in [2.24, 2.45) is 11.8 Å². The van der Waals surface area contributed by atoms with E-state index in [0.29, 0.717) is 32.2 Å². The standard InChI is InChI=1S/C17H23NO3S/c1-22-15-8-2-12(3-9-15)10-11-18-16(19)13-4-6-14(7-5-13)17(20)21/h2-3,8-9,13-14H,4-7,10-11H2,1H3,(H,18,19)(H,20,21). The van der Waals surface area contributed by atoms with Crippen LogP contribution in [0.3, 0.4) is 0 Å². The smallest absolute Gasteiger partial charge is 0.306 e. The largest absolute Gasteiger partial charge is 0.481 e. The molecule has 0 aromatic heterocycles. The lowest BCUT2D eigenvalue weighted by Crippen LogP contribution is -2.35. The molecule has 0 bridgehead atoms. The summed E-state index contributed by atoms with van der Waals surface area (Å²) >= 11 is 1.72. The minimum Gasteiger partial charge on any atom is -0.481 e. The fourth-order valence-corrected chi connectivity index (χ4v) is 3.28. The summed E-state index contributed by atoms with van der Waals surface area (Å²) in [6.07, 6.45) is 5.47. The highest BCUT2D eigenvalue weighted by atomic mass is 32.2. The maximum Gasteiger partial charge on any atom is 0.306 e. The van der Waals surface area contributed by atoms with Gasteiger partial charge in [-0.1, -0.05) is 12.1 Å². The van der Waals surface area contributed by atoms with Crippen molar-refractivity contribution in [2.75, 3.05) is 12.8 Å². The van der Waals surface area contributed by atoms with E-state index in [2.05, 4.69) is 29.6 Å². The number of aliphatic carboxylic acids is 1. The summed E-state index contributed by atoms with van der Waals surface area (Å²) in [4.78, 5) is 24.2. The minimum absolute atomic E-state index is 0.0190. The average molecular weight is 321 g/mol. The fourth-order valence-electron chi connectivity index (χ4n) is 2.87. The van der Waals surface area contributed by atoms with E-state index in [1.807, 2.05) is 6.26 Å². The molecule has 1 aromatic carbocycles. The van der Waals surface area contributed by atoms with Crippen LogP contribution in [0.25, 0.3) is 0 Å². The van der Waals surface area contributed by atoms with Crippen molar-refractivity contribution in [3.8, 4) is 0 Å². The van der Waals surface area contributed by atoms with Crippen molar-refractivity contribution in [3.63, 3.8) is 0 Å². The van der Waals surface area contributed by atoms with Gasteiger partial charge in [-0.05, 0) is 56.1 Å². The zero-order valence-corrected chi connectivity index (χ0v) is 13.7. The molecule has 2 N–H and O–H groups in total. The van der Waals surface area contributed by atoms with Crippen LogP contribution in [0.5, 0.6) is 0 Å². The Balaban J connectivity index is 1.70. The summed E-state index contributed by atoms with van der Waals surface area (Å²) in [7, 11) is 0. The average Bonchev–Trinajstić information content (AvgIpc) is 2.55. The Hall–Kier alpha value is -1.49. The predicted octanol–water partition coefficient (Wildman–Crippen LogP) is 2.96. The molecule has 0 spiro atoms. The number of thioether (sulfide) groups is 1. The predicted molar refractivity (Wildman–Crippen MR) is 88.0 cm³/mol. The van der Waals surface area contributed by atoms with E-state index >= 15 is 0 Å². The van der Waals surface area contributed by atoms with Gasteiger partial charge in [-0.15, -0.1) is 11.8 Å². The van der Waals surface area contributed by atoms with Gasteiger partial charge >= 0.3 is 5.97 Å². The highest BCUT2D eigenvalue weighted by Crippen LogP contribution is 2.29. The van der Waals surface area contributed by atoms with Crippen molar-refractivity contribution >= 4 is 23.6 Å². The summed E-state index contributed by atoms with van der Waals surface area (Å²) in [5.41, 5.74) is 1.22. The monoisotopic (exact) mass is 321 g/mol. The Morgan fingerprint density at radius 1 is 1.14 bits per heavy atom. The van der Waals surface area contributed by atoms with E-state index in [1.165, 1.54) is 10.5 Å². The van der Waals surface area contributed by atoms with Crippen LogP contribution in [0.15, 0.2) is 29.2 Å². The molecule has 0 heterocycles. The Morgan fingerprint density at radius 3 is 2.27 bits per heavy atom. The van der Waals surface area contributed by atoms with Crippen LogP contribution in [0, 0.1) is 11.8 Å². The van der Waals surface area contributed by atoms with Gasteiger partial charge in [0.25, 0.3) is 0 Å². The molecule has 0 aliphatic heterocycles. The second-order valence-corrected chi connectivity index (χ2v) is 6.66. The Labute approximate surface area is 135 Å². The van der Waals surface area contributed by atoms with Gasteiger partial charge in [0.1, 0.15) is 0 Å². The van der Waals surface area contributed by atoms with Gasteiger partial charge in [0, 0.05) is 17.4 Å². The van der Waals surface area contributed by atoms with Crippen LogP contribution in [0.2, 0.25) is 0 Å². The van der Waals surface area contributed by atoms with Gasteiger partial charge in [0.2, 0.25) is 5.91 Å². The molecule has 1 aliphatic rings. The number of hydrogen-bond acceptors (Lipinski definition) is 3. The van der Waals surface area contributed by atoms with Crippen molar-refractivity contribution in [1.82, 2.24) is 5.32 Å². The molecule has 1 aliphatic carbocycles. The maximum absolute atomic E-state index is 12.1. The zero-order valence-electron chi connectivity index (χ0n) is 12.9. The molecule has 0 atom stereocenters. The third-order valence-electron chi connectivity index (χ3n) is 4.32. The lowest BCUT2D eigenvalue weighted by Gasteiger charge is -2.25. The molecular weight excluding hydrogens is 298 g/mol. The van der Waals surface area contributed by atoms with Gasteiger partial charge in [-0.2, -0.15) is 0 Å². The first kappa shape index (κ1) is 16.9. The lowest BCUT2D eigenvalue weighted by atomic mass is 9.81. The Bertz CT molecular complexity index is 507. The molecule has 1 aromatic rings. The van der Waals surface area contributed by atoms with Crippen LogP contribution in [-0.2, 0) is 16.0 Å². The summed E-state index contributed by atoms with van der Waals surface area (Å²) < 4.78 is 0. The highest BCUT2D eigenvalue weighted by molar-refractivity contribution is 7.98. The molecule has 2 rings (SSSR count). The summed E-state index contributed by atoms with van der Waals surface area (Å²) in [5.74, 6) is -0.939. The third kappa shape index (κ3) is 4.77. The first-order chi connectivity index (χ1) is 10.6. The number of hydrogen-bond donors (Lipinski definition) is 2. The number of nitrogens with one attached hydrogen (secondary N) is 1. The molecule has 1 amide bonds. The molecule has 4 nitrogen and oxygen atoms in total. The van der Waals surface area contributed by atoms with Crippen molar-refractivity contribution < 1.29 is 14.7 Å². The van der Waals surface area contributed by atoms with Crippen LogP contribution in [-0.4, -0.2) is 29.8 Å². The van der Waals surface area contributed by atoms with Gasteiger partial charge in [-0.25, -0.2) is 0 Å². The molecule has 0 unspecified atom stereocenters. The number of carbonyl (C=O) groups is 2. The molecule has 0 radical (unpaired) electrons. The molecule has 0 saturated heterocycles. The molecule has 1 saturated carbocycles. The van der Waals surface area contributed by atoms with Crippen molar-refractivity contribution in [2.45, 2.75) is 37.0 Å². The summed E-state index contributed by atoms with van der Waals surface area (Å²) in [5, 5.41) is 11.9. The molecular formula is C17H23NO3S. The zero-order chi connectivity index (χ0) is 15.9. The quantitative estimate of drug-likeness (QED) is 0.791. The van der Waals surface area contributed by atoms with E-state index in [1.54, 1.807) is 11.8 Å². The van der Waals surface area contributed by atoms with Gasteiger partial charge in [-0.3, -0.25) is 9.59 Å². The molecule has 22 heavy (non-hydrogen) atoms. The van der Waals surface area contributed by atoms with Gasteiger partial charge in [0.05, 0.1) is 5.92 Å². The fraction of sp³-hybridized carbons (Fsp3) is 0.529. The van der Waals surface area contributed by atoms with E-state index in [-0.39, 0.29) is 17.7 Å². The van der Waals surface area contributed by atoms with Crippen molar-refractivity contribution in [1.29, 1.82) is 0 Å². The number of benzene rings is 1. The van der Waals surface area contributed by atoms with Crippen molar-refractivity contribution in [3.05, 3.63) is 29.8 Å². The SMILES string of the molecule is CSc1ccc(CCNC(=O)C2CCC(C(=O)O)CC2)cc1. The normalized spacial score (nSPS) is 21.3. The number of amides is 1. The van der Waals surface area contributed by atoms with E-state index < -0.39 is 5.97 Å².